The number of nitrogens with zero attached hydrogens (tertiary/aromatic N) is 1. The van der Waals surface area contributed by atoms with Gasteiger partial charge in [-0.3, -0.25) is 0 Å². The highest BCUT2D eigenvalue weighted by Gasteiger charge is 2.13. The van der Waals surface area contributed by atoms with E-state index in [4.69, 9.17) is 11.6 Å². The van der Waals surface area contributed by atoms with Gasteiger partial charge >= 0.3 is 0 Å². The molecule has 0 amide bonds. The van der Waals surface area contributed by atoms with Crippen LogP contribution in [0.5, 0.6) is 5.75 Å². The van der Waals surface area contributed by atoms with Crippen LogP contribution in [0.4, 0.5) is 0 Å². The fourth-order valence-electron chi connectivity index (χ4n) is 3.06. The molecular formula is C21H16ClNO. The van der Waals surface area contributed by atoms with Gasteiger partial charge in [0.15, 0.2) is 0 Å². The maximum absolute atomic E-state index is 10.2. The summed E-state index contributed by atoms with van der Waals surface area (Å²) in [5.74, 6) is 0.300. The second kappa shape index (κ2) is 6.06. The number of rotatable bonds is 3. The van der Waals surface area contributed by atoms with Gasteiger partial charge in [-0.1, -0.05) is 60.1 Å². The number of fused-ring (bicyclic) bond motifs is 1. The molecule has 1 aromatic heterocycles. The monoisotopic (exact) mass is 333 g/mol. The number of halogens is 1. The van der Waals surface area contributed by atoms with Crippen LogP contribution in [0, 0.1) is 0 Å². The number of phenolic OH excluding ortho intramolecular Hbond substituents is 1. The Kier molecular flexibility index (Phi) is 3.75. The number of hydrogen-bond donors (Lipinski definition) is 1. The average Bonchev–Trinajstić information content (AvgIpc) is 2.97. The zero-order valence-corrected chi connectivity index (χ0v) is 13.7. The summed E-state index contributed by atoms with van der Waals surface area (Å²) in [5.41, 5.74) is 4.37. The lowest BCUT2D eigenvalue weighted by molar-refractivity contribution is 0.481. The average molecular weight is 334 g/mol. The summed E-state index contributed by atoms with van der Waals surface area (Å²) in [6.45, 7) is 0.742. The Morgan fingerprint density at radius 1 is 0.833 bits per heavy atom. The maximum atomic E-state index is 10.2. The number of benzene rings is 3. The lowest BCUT2D eigenvalue weighted by Crippen LogP contribution is -2.01. The first-order valence-corrected chi connectivity index (χ1v) is 8.21. The molecule has 4 aromatic rings. The van der Waals surface area contributed by atoms with Gasteiger partial charge in [-0.15, -0.1) is 0 Å². The van der Waals surface area contributed by atoms with Crippen LogP contribution in [-0.4, -0.2) is 9.67 Å². The van der Waals surface area contributed by atoms with Crippen molar-refractivity contribution in [3.05, 3.63) is 89.4 Å². The lowest BCUT2D eigenvalue weighted by Gasteiger charge is -2.11. The van der Waals surface area contributed by atoms with Gasteiger partial charge in [-0.05, 0) is 41.5 Å². The Morgan fingerprint density at radius 3 is 2.33 bits per heavy atom. The van der Waals surface area contributed by atoms with Crippen LogP contribution in [0.1, 0.15) is 5.56 Å². The smallest absolute Gasteiger partial charge is 0.124 e. The van der Waals surface area contributed by atoms with Crippen LogP contribution in [0.3, 0.4) is 0 Å². The maximum Gasteiger partial charge on any atom is 0.124 e. The summed E-state index contributed by atoms with van der Waals surface area (Å²) >= 11 is 6.03. The van der Waals surface area contributed by atoms with Crippen molar-refractivity contribution >= 4 is 22.5 Å². The van der Waals surface area contributed by atoms with Gasteiger partial charge in [-0.25, -0.2) is 0 Å². The Labute approximate surface area is 145 Å². The molecule has 2 nitrogen and oxygen atoms in total. The molecule has 1 N–H and O–H groups in total. The third kappa shape index (κ3) is 2.66. The predicted octanol–water partition coefficient (Wildman–Crippen LogP) is 5.72. The van der Waals surface area contributed by atoms with Gasteiger partial charge in [-0.2, -0.15) is 0 Å². The van der Waals surface area contributed by atoms with Crippen LogP contribution >= 0.6 is 11.6 Å². The lowest BCUT2D eigenvalue weighted by atomic mass is 10.1. The van der Waals surface area contributed by atoms with Crippen molar-refractivity contribution in [3.63, 3.8) is 0 Å². The van der Waals surface area contributed by atoms with Crippen LogP contribution in [0.25, 0.3) is 22.2 Å². The largest absolute Gasteiger partial charge is 0.507 e. The van der Waals surface area contributed by atoms with E-state index in [1.165, 1.54) is 5.56 Å². The predicted molar refractivity (Wildman–Crippen MR) is 99.6 cm³/mol. The molecule has 3 heteroatoms. The van der Waals surface area contributed by atoms with E-state index < -0.39 is 0 Å². The molecule has 0 radical (unpaired) electrons. The van der Waals surface area contributed by atoms with E-state index >= 15 is 0 Å². The van der Waals surface area contributed by atoms with Crippen LogP contribution in [0.2, 0.25) is 5.02 Å². The summed E-state index contributed by atoms with van der Waals surface area (Å²) in [6.07, 6.45) is 0. The summed E-state index contributed by atoms with van der Waals surface area (Å²) in [5, 5.41) is 11.8. The Balaban J connectivity index is 1.93. The molecule has 0 bridgehead atoms. The molecule has 0 atom stereocenters. The highest BCUT2D eigenvalue weighted by Crippen LogP contribution is 2.34. The second-order valence-electron chi connectivity index (χ2n) is 5.82. The van der Waals surface area contributed by atoms with E-state index in [2.05, 4.69) is 16.7 Å². The van der Waals surface area contributed by atoms with Crippen LogP contribution in [0.15, 0.2) is 78.9 Å². The molecule has 118 valence electrons. The fourth-order valence-corrected chi connectivity index (χ4v) is 3.19. The first-order valence-electron chi connectivity index (χ1n) is 7.83. The first kappa shape index (κ1) is 14.9. The summed E-state index contributed by atoms with van der Waals surface area (Å²) in [4.78, 5) is 0. The van der Waals surface area contributed by atoms with Gasteiger partial charge in [0.25, 0.3) is 0 Å². The third-order valence-corrected chi connectivity index (χ3v) is 4.50. The quantitative estimate of drug-likeness (QED) is 0.510. The van der Waals surface area contributed by atoms with E-state index in [1.54, 1.807) is 6.07 Å². The molecule has 4 rings (SSSR count). The van der Waals surface area contributed by atoms with Crippen molar-refractivity contribution < 1.29 is 5.11 Å². The van der Waals surface area contributed by atoms with Gasteiger partial charge in [0, 0.05) is 22.6 Å². The SMILES string of the molecule is Oc1cccc2c1cc(-c1ccc(Cl)cc1)n2Cc1ccccc1. The molecule has 0 aliphatic heterocycles. The summed E-state index contributed by atoms with van der Waals surface area (Å²) in [6, 6.07) is 25.8. The molecular weight excluding hydrogens is 318 g/mol. The third-order valence-electron chi connectivity index (χ3n) is 4.25. The van der Waals surface area contributed by atoms with Crippen molar-refractivity contribution in [1.29, 1.82) is 0 Å². The topological polar surface area (TPSA) is 25.2 Å². The van der Waals surface area contributed by atoms with E-state index in [9.17, 15) is 5.11 Å². The Hall–Kier alpha value is -2.71. The van der Waals surface area contributed by atoms with Crippen molar-refractivity contribution in [2.75, 3.05) is 0 Å². The second-order valence-corrected chi connectivity index (χ2v) is 6.25. The minimum atomic E-state index is 0.300. The first-order chi connectivity index (χ1) is 11.7. The van der Waals surface area contributed by atoms with Crippen molar-refractivity contribution in [1.82, 2.24) is 4.57 Å². The molecule has 0 unspecified atom stereocenters. The van der Waals surface area contributed by atoms with Crippen LogP contribution in [-0.2, 0) is 6.54 Å². The molecule has 0 saturated heterocycles. The normalized spacial score (nSPS) is 11.0. The Bertz CT molecular complexity index is 988. The van der Waals surface area contributed by atoms with Gasteiger partial charge < -0.3 is 9.67 Å². The van der Waals surface area contributed by atoms with Crippen molar-refractivity contribution in [2.45, 2.75) is 6.54 Å². The van der Waals surface area contributed by atoms with E-state index in [-0.39, 0.29) is 0 Å². The fraction of sp³-hybridized carbons (Fsp3) is 0.0476. The molecule has 24 heavy (non-hydrogen) atoms. The molecule has 0 aliphatic rings. The standard InChI is InChI=1S/C21H16ClNO/c22-17-11-9-16(10-12-17)20-13-18-19(7-4-8-21(18)24)23(20)14-15-5-2-1-3-6-15/h1-13,24H,14H2. The van der Waals surface area contributed by atoms with Gasteiger partial charge in [0.05, 0.1) is 5.52 Å². The van der Waals surface area contributed by atoms with Gasteiger partial charge in [0.1, 0.15) is 5.75 Å². The Morgan fingerprint density at radius 2 is 1.58 bits per heavy atom. The number of phenols is 1. The molecule has 3 aromatic carbocycles. The van der Waals surface area contributed by atoms with Crippen LogP contribution < -0.4 is 0 Å². The van der Waals surface area contributed by atoms with Crippen molar-refractivity contribution in [2.24, 2.45) is 0 Å². The van der Waals surface area contributed by atoms with E-state index in [1.807, 2.05) is 60.7 Å². The molecule has 0 spiro atoms. The van der Waals surface area contributed by atoms with Crippen molar-refractivity contribution in [3.8, 4) is 17.0 Å². The number of aromatic hydroxyl groups is 1. The minimum absolute atomic E-state index is 0.300. The summed E-state index contributed by atoms with van der Waals surface area (Å²) in [7, 11) is 0. The summed E-state index contributed by atoms with van der Waals surface area (Å²) < 4.78 is 2.23. The zero-order chi connectivity index (χ0) is 16.5. The molecule has 1 heterocycles. The molecule has 0 saturated carbocycles. The molecule has 0 aliphatic carbocycles. The highest BCUT2D eigenvalue weighted by molar-refractivity contribution is 6.30. The highest BCUT2D eigenvalue weighted by atomic mass is 35.5. The van der Waals surface area contributed by atoms with E-state index in [0.717, 1.165) is 28.7 Å². The van der Waals surface area contributed by atoms with Gasteiger partial charge in [0.2, 0.25) is 0 Å². The number of hydrogen-bond acceptors (Lipinski definition) is 1. The zero-order valence-electron chi connectivity index (χ0n) is 13.0. The minimum Gasteiger partial charge on any atom is -0.507 e. The number of aromatic nitrogens is 1. The van der Waals surface area contributed by atoms with E-state index in [0.29, 0.717) is 10.8 Å². The molecule has 0 fully saturated rings.